The first-order chi connectivity index (χ1) is 9.27. The fourth-order valence-electron chi connectivity index (χ4n) is 1.74. The van der Waals surface area contributed by atoms with Gasteiger partial charge in [-0.3, -0.25) is 4.79 Å². The maximum absolute atomic E-state index is 12.3. The second kappa shape index (κ2) is 5.66. The molecule has 0 saturated carbocycles. The highest BCUT2D eigenvalue weighted by atomic mass is 79.9. The Bertz CT molecular complexity index is 644. The standard InChI is InChI=1S/C15H17BrN2OS/c1-15(2,3)13-8-20-14(18-13)7-12(19)10-6-9(16)4-5-11(10)17/h4-6,8H,7,17H2,1-3H3. The van der Waals surface area contributed by atoms with E-state index in [9.17, 15) is 4.79 Å². The van der Waals surface area contributed by atoms with Gasteiger partial charge in [0.2, 0.25) is 0 Å². The summed E-state index contributed by atoms with van der Waals surface area (Å²) in [7, 11) is 0. The quantitative estimate of drug-likeness (QED) is 0.664. The van der Waals surface area contributed by atoms with Crippen molar-refractivity contribution < 1.29 is 4.79 Å². The lowest BCUT2D eigenvalue weighted by Gasteiger charge is -2.14. The number of carbonyl (C=O) groups is 1. The average Bonchev–Trinajstić information content (AvgIpc) is 2.80. The van der Waals surface area contributed by atoms with E-state index in [2.05, 4.69) is 41.7 Å². The van der Waals surface area contributed by atoms with Gasteiger partial charge in [0.25, 0.3) is 0 Å². The first-order valence-corrected chi connectivity index (χ1v) is 7.98. The number of nitrogens with zero attached hydrogens (tertiary/aromatic N) is 1. The Labute approximate surface area is 131 Å². The van der Waals surface area contributed by atoms with Gasteiger partial charge in [-0.05, 0) is 18.2 Å². The Hall–Kier alpha value is -1.20. The maximum atomic E-state index is 12.3. The third kappa shape index (κ3) is 3.46. The van der Waals surface area contributed by atoms with Crippen molar-refractivity contribution in [2.75, 3.05) is 5.73 Å². The van der Waals surface area contributed by atoms with Gasteiger partial charge >= 0.3 is 0 Å². The number of anilines is 1. The van der Waals surface area contributed by atoms with Gasteiger partial charge in [0, 0.05) is 26.5 Å². The molecule has 2 N–H and O–H groups in total. The van der Waals surface area contributed by atoms with E-state index in [1.54, 1.807) is 12.1 Å². The van der Waals surface area contributed by atoms with Crippen molar-refractivity contribution >= 4 is 38.7 Å². The normalized spacial score (nSPS) is 11.6. The minimum Gasteiger partial charge on any atom is -0.398 e. The minimum atomic E-state index is -0.00129. The molecule has 1 heterocycles. The number of halogens is 1. The smallest absolute Gasteiger partial charge is 0.171 e. The lowest BCUT2D eigenvalue weighted by atomic mass is 9.93. The summed E-state index contributed by atoms with van der Waals surface area (Å²) in [4.78, 5) is 16.9. The number of thiazole rings is 1. The highest BCUT2D eigenvalue weighted by molar-refractivity contribution is 9.10. The molecule has 0 radical (unpaired) electrons. The highest BCUT2D eigenvalue weighted by Gasteiger charge is 2.19. The van der Waals surface area contributed by atoms with Crippen LogP contribution in [-0.4, -0.2) is 10.8 Å². The van der Waals surface area contributed by atoms with E-state index in [1.807, 2.05) is 11.4 Å². The van der Waals surface area contributed by atoms with Crippen LogP contribution in [0.3, 0.4) is 0 Å². The van der Waals surface area contributed by atoms with E-state index in [1.165, 1.54) is 11.3 Å². The average molecular weight is 353 g/mol. The van der Waals surface area contributed by atoms with E-state index in [4.69, 9.17) is 5.73 Å². The van der Waals surface area contributed by atoms with Crippen LogP contribution in [0.4, 0.5) is 5.69 Å². The summed E-state index contributed by atoms with van der Waals surface area (Å²) in [5, 5.41) is 2.85. The van der Waals surface area contributed by atoms with Gasteiger partial charge in [0.05, 0.1) is 12.1 Å². The van der Waals surface area contributed by atoms with Crippen molar-refractivity contribution in [2.24, 2.45) is 0 Å². The number of hydrogen-bond acceptors (Lipinski definition) is 4. The summed E-state index contributed by atoms with van der Waals surface area (Å²) in [6.45, 7) is 6.33. The van der Waals surface area contributed by atoms with Crippen LogP contribution >= 0.6 is 27.3 Å². The van der Waals surface area contributed by atoms with E-state index >= 15 is 0 Å². The van der Waals surface area contributed by atoms with Gasteiger partial charge in [-0.1, -0.05) is 36.7 Å². The number of rotatable bonds is 3. The molecule has 0 unspecified atom stereocenters. The molecule has 0 atom stereocenters. The van der Waals surface area contributed by atoms with Crippen LogP contribution in [0.25, 0.3) is 0 Å². The van der Waals surface area contributed by atoms with Crippen molar-refractivity contribution in [1.82, 2.24) is 4.98 Å². The molecule has 2 aromatic rings. The first kappa shape index (κ1) is 15.2. The zero-order chi connectivity index (χ0) is 14.9. The van der Waals surface area contributed by atoms with Crippen LogP contribution in [0.5, 0.6) is 0 Å². The topological polar surface area (TPSA) is 56.0 Å². The number of Topliss-reactive ketones (excluding diaryl/α,β-unsaturated/α-hetero) is 1. The number of nitrogen functional groups attached to an aromatic ring is 1. The van der Waals surface area contributed by atoms with Crippen LogP contribution in [0.2, 0.25) is 0 Å². The fraction of sp³-hybridized carbons (Fsp3) is 0.333. The number of aromatic nitrogens is 1. The van der Waals surface area contributed by atoms with E-state index in [0.717, 1.165) is 15.2 Å². The molecule has 0 fully saturated rings. The summed E-state index contributed by atoms with van der Waals surface area (Å²) >= 11 is 4.88. The molecular formula is C15H17BrN2OS. The summed E-state index contributed by atoms with van der Waals surface area (Å²) in [6.07, 6.45) is 0.293. The molecule has 0 saturated heterocycles. The van der Waals surface area contributed by atoms with Crippen LogP contribution in [0, 0.1) is 0 Å². The van der Waals surface area contributed by atoms with Crippen molar-refractivity contribution in [3.05, 3.63) is 44.3 Å². The zero-order valence-corrected chi connectivity index (χ0v) is 14.1. The van der Waals surface area contributed by atoms with Crippen molar-refractivity contribution in [3.8, 4) is 0 Å². The number of hydrogen-bond donors (Lipinski definition) is 1. The molecule has 0 spiro atoms. The van der Waals surface area contributed by atoms with Crippen molar-refractivity contribution in [3.63, 3.8) is 0 Å². The van der Waals surface area contributed by atoms with Crippen molar-refractivity contribution in [2.45, 2.75) is 32.6 Å². The van der Waals surface area contributed by atoms with Gasteiger partial charge in [-0.25, -0.2) is 4.98 Å². The van der Waals surface area contributed by atoms with Crippen LogP contribution in [0.1, 0.15) is 41.8 Å². The van der Waals surface area contributed by atoms with Crippen molar-refractivity contribution in [1.29, 1.82) is 0 Å². The highest BCUT2D eigenvalue weighted by Crippen LogP contribution is 2.25. The van der Waals surface area contributed by atoms with Gasteiger partial charge in [-0.2, -0.15) is 0 Å². The molecule has 5 heteroatoms. The van der Waals surface area contributed by atoms with Crippen LogP contribution < -0.4 is 5.73 Å². The summed E-state index contributed by atoms with van der Waals surface area (Å²) in [5.41, 5.74) is 7.94. The van der Waals surface area contributed by atoms with E-state index in [-0.39, 0.29) is 11.2 Å². The Morgan fingerprint density at radius 2 is 2.10 bits per heavy atom. The Balaban J connectivity index is 2.20. The second-order valence-corrected chi connectivity index (χ2v) is 7.57. The summed E-state index contributed by atoms with van der Waals surface area (Å²) < 4.78 is 0.851. The SMILES string of the molecule is CC(C)(C)c1csc(CC(=O)c2cc(Br)ccc2N)n1. The number of benzene rings is 1. The lowest BCUT2D eigenvalue weighted by molar-refractivity contribution is 0.0993. The Morgan fingerprint density at radius 1 is 1.40 bits per heavy atom. The largest absolute Gasteiger partial charge is 0.398 e. The predicted octanol–water partition coefficient (Wildman–Crippen LogP) is 4.21. The monoisotopic (exact) mass is 352 g/mol. The minimum absolute atomic E-state index is 0.00129. The number of ketones is 1. The molecule has 0 aliphatic carbocycles. The van der Waals surface area contributed by atoms with E-state index < -0.39 is 0 Å². The van der Waals surface area contributed by atoms with Crippen LogP contribution in [0.15, 0.2) is 28.1 Å². The Kier molecular flexibility index (Phi) is 4.30. The lowest BCUT2D eigenvalue weighted by Crippen LogP contribution is -2.12. The Morgan fingerprint density at radius 3 is 2.70 bits per heavy atom. The maximum Gasteiger partial charge on any atom is 0.171 e. The van der Waals surface area contributed by atoms with Gasteiger partial charge < -0.3 is 5.73 Å². The molecule has 20 heavy (non-hydrogen) atoms. The summed E-state index contributed by atoms with van der Waals surface area (Å²) in [5.74, 6) is -0.00129. The summed E-state index contributed by atoms with van der Waals surface area (Å²) in [6, 6.07) is 5.32. The van der Waals surface area contributed by atoms with Gasteiger partial charge in [0.15, 0.2) is 5.78 Å². The van der Waals surface area contributed by atoms with Crippen LogP contribution in [-0.2, 0) is 11.8 Å². The third-order valence-electron chi connectivity index (χ3n) is 2.95. The molecule has 1 aromatic heterocycles. The number of nitrogens with two attached hydrogens (primary N) is 1. The molecule has 106 valence electrons. The molecule has 0 aliphatic rings. The molecule has 2 rings (SSSR count). The third-order valence-corrected chi connectivity index (χ3v) is 4.29. The molecule has 0 aliphatic heterocycles. The van der Waals surface area contributed by atoms with E-state index in [0.29, 0.717) is 17.7 Å². The van der Waals surface area contributed by atoms with Gasteiger partial charge in [-0.15, -0.1) is 11.3 Å². The number of carbonyl (C=O) groups excluding carboxylic acids is 1. The molecule has 3 nitrogen and oxygen atoms in total. The second-order valence-electron chi connectivity index (χ2n) is 5.71. The van der Waals surface area contributed by atoms with Gasteiger partial charge in [0.1, 0.15) is 5.01 Å². The molecule has 0 amide bonds. The molecule has 1 aromatic carbocycles. The fourth-order valence-corrected chi connectivity index (χ4v) is 3.12. The molecular weight excluding hydrogens is 336 g/mol. The molecule has 0 bridgehead atoms. The zero-order valence-electron chi connectivity index (χ0n) is 11.7. The predicted molar refractivity (Wildman–Crippen MR) is 87.4 cm³/mol. The first-order valence-electron chi connectivity index (χ1n) is 6.30.